The smallest absolute Gasteiger partial charge is 0.261 e. The number of carbonyl (C=O) groups excluding carboxylic acids is 1. The summed E-state index contributed by atoms with van der Waals surface area (Å²) < 4.78 is 28.9. The summed E-state index contributed by atoms with van der Waals surface area (Å²) in [5, 5.41) is 5.03. The second kappa shape index (κ2) is 9.23. The molecule has 0 atom stereocenters. The number of anilines is 2. The Bertz CT molecular complexity index is 1370. The molecule has 0 saturated carbocycles. The van der Waals surface area contributed by atoms with Gasteiger partial charge in [-0.05, 0) is 37.3 Å². The molecule has 0 unspecified atom stereocenters. The highest BCUT2D eigenvalue weighted by Gasteiger charge is 2.20. The summed E-state index contributed by atoms with van der Waals surface area (Å²) in [5.41, 5.74) is 2.99. The summed E-state index contributed by atoms with van der Waals surface area (Å²) >= 11 is 4.63. The lowest BCUT2D eigenvalue weighted by Crippen LogP contribution is -2.18. The van der Waals surface area contributed by atoms with Gasteiger partial charge < -0.3 is 0 Å². The summed E-state index contributed by atoms with van der Waals surface area (Å²) in [6, 6.07) is 20.9. The molecule has 0 fully saturated rings. The predicted octanol–water partition coefficient (Wildman–Crippen LogP) is 5.93. The van der Waals surface area contributed by atoms with Gasteiger partial charge in [0.25, 0.3) is 15.9 Å². The third kappa shape index (κ3) is 5.07. The van der Waals surface area contributed by atoms with E-state index in [1.807, 2.05) is 42.6 Å². The molecule has 2 N–H and O–H groups in total. The normalized spacial score (nSPS) is 11.2. The number of nitrogens with one attached hydrogen (secondary N) is 2. The van der Waals surface area contributed by atoms with Crippen LogP contribution < -0.4 is 10.0 Å². The SMILES string of the molecule is Cc1ccc(S(=O)(=O)Nc2cc(Br)ccc2C(=O)Nc2nc(-c3ccccc3)cs2)cc1. The molecular formula is C23H18BrN3O3S2. The number of halogens is 1. The van der Waals surface area contributed by atoms with Crippen LogP contribution in [0.1, 0.15) is 15.9 Å². The summed E-state index contributed by atoms with van der Waals surface area (Å²) in [6.07, 6.45) is 0. The minimum atomic E-state index is -3.87. The quantitative estimate of drug-likeness (QED) is 0.325. The highest BCUT2D eigenvalue weighted by Crippen LogP contribution is 2.28. The zero-order chi connectivity index (χ0) is 22.7. The van der Waals surface area contributed by atoms with Gasteiger partial charge in [-0.25, -0.2) is 13.4 Å². The molecule has 1 heterocycles. The van der Waals surface area contributed by atoms with Crippen molar-refractivity contribution >= 4 is 54.0 Å². The highest BCUT2D eigenvalue weighted by molar-refractivity contribution is 9.10. The Morgan fingerprint density at radius 2 is 1.72 bits per heavy atom. The molecule has 0 radical (unpaired) electrons. The van der Waals surface area contributed by atoms with E-state index in [0.717, 1.165) is 16.8 Å². The number of nitrogens with zero attached hydrogens (tertiary/aromatic N) is 1. The maximum atomic E-state index is 13.0. The van der Waals surface area contributed by atoms with E-state index in [9.17, 15) is 13.2 Å². The van der Waals surface area contributed by atoms with Gasteiger partial charge in [0.05, 0.1) is 21.8 Å². The molecule has 1 aromatic heterocycles. The Morgan fingerprint density at radius 3 is 2.44 bits per heavy atom. The molecule has 9 heteroatoms. The van der Waals surface area contributed by atoms with E-state index in [4.69, 9.17) is 0 Å². The first-order valence-corrected chi connectivity index (χ1v) is 12.7. The highest BCUT2D eigenvalue weighted by atomic mass is 79.9. The van der Waals surface area contributed by atoms with Crippen molar-refractivity contribution in [2.75, 3.05) is 10.0 Å². The molecule has 0 bridgehead atoms. The standard InChI is InChI=1S/C23H18BrN3O3S2/c1-15-7-10-18(11-8-15)32(29,30)27-20-13-17(24)9-12-19(20)22(28)26-23-25-21(14-31-23)16-5-3-2-4-6-16/h2-14,27H,1H3,(H,25,26,28). The van der Waals surface area contributed by atoms with E-state index in [1.54, 1.807) is 30.3 Å². The average molecular weight is 528 g/mol. The lowest BCUT2D eigenvalue weighted by molar-refractivity contribution is 0.102. The Labute approximate surface area is 198 Å². The number of aryl methyl sites for hydroxylation is 1. The molecule has 0 aliphatic carbocycles. The van der Waals surface area contributed by atoms with Crippen LogP contribution in [0.5, 0.6) is 0 Å². The molecular weight excluding hydrogens is 510 g/mol. The number of hydrogen-bond donors (Lipinski definition) is 2. The van der Waals surface area contributed by atoms with Crippen molar-refractivity contribution in [1.29, 1.82) is 0 Å². The summed E-state index contributed by atoms with van der Waals surface area (Å²) in [6.45, 7) is 1.88. The van der Waals surface area contributed by atoms with Crippen LogP contribution in [0, 0.1) is 6.92 Å². The van der Waals surface area contributed by atoms with Crippen LogP contribution >= 0.6 is 27.3 Å². The van der Waals surface area contributed by atoms with Crippen LogP contribution in [-0.2, 0) is 10.0 Å². The third-order valence-electron chi connectivity index (χ3n) is 4.60. The second-order valence-electron chi connectivity index (χ2n) is 6.97. The van der Waals surface area contributed by atoms with Crippen LogP contribution in [0.15, 0.2) is 87.5 Å². The number of rotatable bonds is 6. The molecule has 0 aliphatic heterocycles. The first kappa shape index (κ1) is 22.2. The first-order valence-electron chi connectivity index (χ1n) is 9.53. The molecule has 3 aromatic carbocycles. The number of aromatic nitrogens is 1. The van der Waals surface area contributed by atoms with Gasteiger partial charge in [-0.1, -0.05) is 64.0 Å². The van der Waals surface area contributed by atoms with Gasteiger partial charge in [0.1, 0.15) is 0 Å². The van der Waals surface area contributed by atoms with Crippen molar-refractivity contribution < 1.29 is 13.2 Å². The Kier molecular flexibility index (Phi) is 6.40. The molecule has 4 aromatic rings. The molecule has 32 heavy (non-hydrogen) atoms. The van der Waals surface area contributed by atoms with Gasteiger partial charge >= 0.3 is 0 Å². The van der Waals surface area contributed by atoms with Gasteiger partial charge in [0.2, 0.25) is 0 Å². The van der Waals surface area contributed by atoms with Gasteiger partial charge in [-0.3, -0.25) is 14.8 Å². The van der Waals surface area contributed by atoms with E-state index in [-0.39, 0.29) is 16.1 Å². The molecule has 4 rings (SSSR count). The van der Waals surface area contributed by atoms with E-state index >= 15 is 0 Å². The Morgan fingerprint density at radius 1 is 1.00 bits per heavy atom. The van der Waals surface area contributed by atoms with Crippen molar-refractivity contribution in [2.24, 2.45) is 0 Å². The van der Waals surface area contributed by atoms with Gasteiger partial charge in [-0.2, -0.15) is 0 Å². The lowest BCUT2D eigenvalue weighted by atomic mass is 10.2. The summed E-state index contributed by atoms with van der Waals surface area (Å²) in [7, 11) is -3.87. The van der Waals surface area contributed by atoms with Gasteiger partial charge in [-0.15, -0.1) is 11.3 Å². The monoisotopic (exact) mass is 527 g/mol. The summed E-state index contributed by atoms with van der Waals surface area (Å²) in [5.74, 6) is -0.465. The fraction of sp³-hybridized carbons (Fsp3) is 0.0435. The molecule has 1 amide bonds. The zero-order valence-corrected chi connectivity index (χ0v) is 20.1. The van der Waals surface area contributed by atoms with Crippen LogP contribution in [0.4, 0.5) is 10.8 Å². The van der Waals surface area contributed by atoms with Crippen molar-refractivity contribution in [3.05, 3.63) is 93.8 Å². The van der Waals surface area contributed by atoms with Crippen molar-refractivity contribution in [3.63, 3.8) is 0 Å². The second-order valence-corrected chi connectivity index (χ2v) is 10.4. The topological polar surface area (TPSA) is 88.2 Å². The van der Waals surface area contributed by atoms with Crippen LogP contribution in [0.3, 0.4) is 0 Å². The fourth-order valence-corrected chi connectivity index (χ4v) is 5.10. The van der Waals surface area contributed by atoms with Crippen molar-refractivity contribution in [3.8, 4) is 11.3 Å². The lowest BCUT2D eigenvalue weighted by Gasteiger charge is -2.13. The van der Waals surface area contributed by atoms with Gasteiger partial charge in [0, 0.05) is 15.4 Å². The number of thiazole rings is 1. The largest absolute Gasteiger partial charge is 0.298 e. The minimum absolute atomic E-state index is 0.113. The first-order chi connectivity index (χ1) is 15.3. The van der Waals surface area contributed by atoms with E-state index in [0.29, 0.717) is 9.60 Å². The van der Waals surface area contributed by atoms with E-state index in [1.165, 1.54) is 23.5 Å². The fourth-order valence-electron chi connectivity index (χ4n) is 2.96. The third-order valence-corrected chi connectivity index (χ3v) is 7.23. The zero-order valence-electron chi connectivity index (χ0n) is 16.9. The molecule has 0 saturated heterocycles. The Hall–Kier alpha value is -3.01. The molecule has 6 nitrogen and oxygen atoms in total. The number of hydrogen-bond acceptors (Lipinski definition) is 5. The number of carbonyl (C=O) groups is 1. The van der Waals surface area contributed by atoms with Crippen LogP contribution in [0.25, 0.3) is 11.3 Å². The average Bonchev–Trinajstić information content (AvgIpc) is 3.23. The molecule has 0 spiro atoms. The molecule has 0 aliphatic rings. The number of benzene rings is 3. The summed E-state index contributed by atoms with van der Waals surface area (Å²) in [4.78, 5) is 17.5. The predicted molar refractivity (Wildman–Crippen MR) is 132 cm³/mol. The van der Waals surface area contributed by atoms with Crippen LogP contribution in [-0.4, -0.2) is 19.3 Å². The maximum Gasteiger partial charge on any atom is 0.261 e. The Balaban J connectivity index is 1.59. The maximum absolute atomic E-state index is 13.0. The van der Waals surface area contributed by atoms with E-state index < -0.39 is 15.9 Å². The number of amides is 1. The van der Waals surface area contributed by atoms with E-state index in [2.05, 4.69) is 31.0 Å². The van der Waals surface area contributed by atoms with Gasteiger partial charge in [0.15, 0.2) is 5.13 Å². The van der Waals surface area contributed by atoms with Crippen molar-refractivity contribution in [2.45, 2.75) is 11.8 Å². The van der Waals surface area contributed by atoms with Crippen molar-refractivity contribution in [1.82, 2.24) is 4.98 Å². The molecule has 162 valence electrons. The minimum Gasteiger partial charge on any atom is -0.298 e. The van der Waals surface area contributed by atoms with Crippen LogP contribution in [0.2, 0.25) is 0 Å². The number of sulfonamides is 1.